The summed E-state index contributed by atoms with van der Waals surface area (Å²) in [4.78, 5) is 0. The van der Waals surface area contributed by atoms with Gasteiger partial charge in [-0.2, -0.15) is 15.6 Å². The number of nitrogens with zero attached hydrogens (tertiary/aromatic N) is 3. The van der Waals surface area contributed by atoms with Crippen molar-refractivity contribution in [3.8, 4) is 24.5 Å². The first kappa shape index (κ1) is 11.8. The van der Waals surface area contributed by atoms with Crippen molar-refractivity contribution in [2.24, 2.45) is 11.0 Å². The van der Waals surface area contributed by atoms with Crippen LogP contribution in [0.25, 0.3) is 0 Å². The van der Waals surface area contributed by atoms with Gasteiger partial charge in [0, 0.05) is 12.6 Å². The van der Waals surface area contributed by atoms with Gasteiger partial charge in [0.2, 0.25) is 0 Å². The molecule has 0 aliphatic heterocycles. The van der Waals surface area contributed by atoms with Gasteiger partial charge in [-0.05, 0) is 5.57 Å². The van der Waals surface area contributed by atoms with E-state index in [1.54, 1.807) is 0 Å². The number of nitrogens with one attached hydrogen (secondary N) is 1. The average Bonchev–Trinajstić information content (AvgIpc) is 2.21. The highest BCUT2D eigenvalue weighted by Crippen LogP contribution is 2.05. The third-order valence-electron chi connectivity index (χ3n) is 1.30. The molecule has 0 heterocycles. The number of terminal acetylenes is 1. The highest BCUT2D eigenvalue weighted by molar-refractivity contribution is 5.77. The number of allylic oxidation sites excluding steroid dienone is 1. The van der Waals surface area contributed by atoms with Gasteiger partial charge in [-0.25, -0.2) is 0 Å². The predicted octanol–water partition coefficient (Wildman–Crippen LogP) is 0.805. The van der Waals surface area contributed by atoms with E-state index < -0.39 is 5.92 Å². The van der Waals surface area contributed by atoms with E-state index in [0.29, 0.717) is 18.5 Å². The Morgan fingerprint density at radius 2 is 2.21 bits per heavy atom. The standard InChI is InChI=1S/C10H10N4/c1-3-4-13-14-8-9(2)5-10(6-11)7-12/h1,8,10,13H,2,4-5H2/b14-8-. The molecule has 0 radical (unpaired) electrons. The smallest absolute Gasteiger partial charge is 0.137 e. The Bertz CT molecular complexity index is 321. The van der Waals surface area contributed by atoms with Crippen LogP contribution in [0.15, 0.2) is 17.3 Å². The van der Waals surface area contributed by atoms with Gasteiger partial charge in [-0.1, -0.05) is 12.5 Å². The van der Waals surface area contributed by atoms with E-state index >= 15 is 0 Å². The number of nitriles is 2. The maximum atomic E-state index is 8.48. The predicted molar refractivity (Wildman–Crippen MR) is 53.8 cm³/mol. The van der Waals surface area contributed by atoms with Crippen LogP contribution in [0, 0.1) is 40.9 Å². The van der Waals surface area contributed by atoms with Crippen LogP contribution < -0.4 is 5.43 Å². The summed E-state index contributed by atoms with van der Waals surface area (Å²) in [5.74, 6) is 1.68. The zero-order valence-corrected chi connectivity index (χ0v) is 7.70. The maximum absolute atomic E-state index is 8.48. The first-order valence-electron chi connectivity index (χ1n) is 3.91. The molecule has 70 valence electrons. The summed E-state index contributed by atoms with van der Waals surface area (Å²) in [5, 5.41) is 20.7. The zero-order valence-electron chi connectivity index (χ0n) is 7.70. The van der Waals surface area contributed by atoms with Gasteiger partial charge in [0.25, 0.3) is 0 Å². The maximum Gasteiger partial charge on any atom is 0.137 e. The first-order valence-corrected chi connectivity index (χ1v) is 3.91. The van der Waals surface area contributed by atoms with Gasteiger partial charge in [0.05, 0.1) is 18.7 Å². The Balaban J connectivity index is 3.89. The third-order valence-corrected chi connectivity index (χ3v) is 1.30. The molecular formula is C10H10N4. The van der Waals surface area contributed by atoms with E-state index in [1.807, 2.05) is 12.1 Å². The number of hydrogen-bond donors (Lipinski definition) is 1. The lowest BCUT2D eigenvalue weighted by atomic mass is 10.0. The minimum Gasteiger partial charge on any atom is -0.298 e. The minimum atomic E-state index is -0.665. The van der Waals surface area contributed by atoms with Crippen LogP contribution in [0.2, 0.25) is 0 Å². The molecule has 0 aliphatic rings. The summed E-state index contributed by atoms with van der Waals surface area (Å²) in [7, 11) is 0. The molecule has 0 unspecified atom stereocenters. The molecule has 1 N–H and O–H groups in total. The topological polar surface area (TPSA) is 72.0 Å². The van der Waals surface area contributed by atoms with Crippen LogP contribution in [-0.4, -0.2) is 12.8 Å². The molecule has 4 nitrogen and oxygen atoms in total. The molecule has 0 bridgehead atoms. The number of hydrazone groups is 1. The molecule has 0 aromatic carbocycles. The van der Waals surface area contributed by atoms with Crippen molar-refractivity contribution in [2.75, 3.05) is 6.54 Å². The van der Waals surface area contributed by atoms with Crippen molar-refractivity contribution in [3.63, 3.8) is 0 Å². The monoisotopic (exact) mass is 186 g/mol. The minimum absolute atomic E-state index is 0.300. The Hall–Kier alpha value is -2.25. The molecule has 0 aromatic heterocycles. The summed E-state index contributed by atoms with van der Waals surface area (Å²) >= 11 is 0. The van der Waals surface area contributed by atoms with Crippen LogP contribution in [0.4, 0.5) is 0 Å². The molecule has 0 rings (SSSR count). The molecule has 0 saturated heterocycles. The van der Waals surface area contributed by atoms with Gasteiger partial charge in [0.15, 0.2) is 0 Å². The SMILES string of the molecule is C#CCN/N=C\C(=C)CC(C#N)C#N. The lowest BCUT2D eigenvalue weighted by molar-refractivity contribution is 0.827. The second-order valence-corrected chi connectivity index (χ2v) is 2.47. The Morgan fingerprint density at radius 1 is 1.57 bits per heavy atom. The lowest BCUT2D eigenvalue weighted by Crippen LogP contribution is -2.06. The van der Waals surface area contributed by atoms with E-state index in [2.05, 4.69) is 23.0 Å². The lowest BCUT2D eigenvalue weighted by Gasteiger charge is -1.98. The van der Waals surface area contributed by atoms with E-state index in [-0.39, 0.29) is 0 Å². The summed E-state index contributed by atoms with van der Waals surface area (Å²) in [5.41, 5.74) is 3.20. The molecule has 0 aromatic rings. The number of rotatable bonds is 5. The van der Waals surface area contributed by atoms with Gasteiger partial charge in [-0.15, -0.1) is 6.42 Å². The van der Waals surface area contributed by atoms with Crippen LogP contribution in [0.1, 0.15) is 6.42 Å². The number of hydrogen-bond acceptors (Lipinski definition) is 4. The summed E-state index contributed by atoms with van der Waals surface area (Å²) < 4.78 is 0. The molecule has 14 heavy (non-hydrogen) atoms. The first-order chi connectivity index (χ1) is 6.74. The Labute approximate surface area is 83.5 Å². The highest BCUT2D eigenvalue weighted by atomic mass is 15.3. The fourth-order valence-corrected chi connectivity index (χ4v) is 0.663. The average molecular weight is 186 g/mol. The third kappa shape index (κ3) is 5.41. The summed E-state index contributed by atoms with van der Waals surface area (Å²) in [6, 6.07) is 3.70. The molecule has 0 fully saturated rings. The van der Waals surface area contributed by atoms with Crippen molar-refractivity contribution >= 4 is 6.21 Å². The van der Waals surface area contributed by atoms with Gasteiger partial charge in [-0.3, -0.25) is 5.43 Å². The highest BCUT2D eigenvalue weighted by Gasteiger charge is 2.05. The van der Waals surface area contributed by atoms with E-state index in [1.165, 1.54) is 6.21 Å². The van der Waals surface area contributed by atoms with E-state index in [0.717, 1.165) is 0 Å². The van der Waals surface area contributed by atoms with E-state index in [9.17, 15) is 0 Å². The van der Waals surface area contributed by atoms with Crippen LogP contribution in [0.3, 0.4) is 0 Å². The molecule has 0 atom stereocenters. The van der Waals surface area contributed by atoms with Crippen molar-refractivity contribution in [1.29, 1.82) is 10.5 Å². The quantitative estimate of drug-likeness (QED) is 0.299. The fraction of sp³-hybridized carbons (Fsp3) is 0.300. The Kier molecular flexibility index (Phi) is 6.21. The Morgan fingerprint density at radius 3 is 2.71 bits per heavy atom. The normalized spacial score (nSPS) is 9.00. The van der Waals surface area contributed by atoms with Crippen molar-refractivity contribution in [3.05, 3.63) is 12.2 Å². The second-order valence-electron chi connectivity index (χ2n) is 2.47. The molecule has 0 amide bonds. The van der Waals surface area contributed by atoms with Crippen molar-refractivity contribution in [2.45, 2.75) is 6.42 Å². The molecule has 0 spiro atoms. The molecule has 0 saturated carbocycles. The van der Waals surface area contributed by atoms with Crippen LogP contribution >= 0.6 is 0 Å². The summed E-state index contributed by atoms with van der Waals surface area (Å²) in [6.07, 6.45) is 6.73. The van der Waals surface area contributed by atoms with Crippen molar-refractivity contribution in [1.82, 2.24) is 5.43 Å². The molecule has 0 aliphatic carbocycles. The van der Waals surface area contributed by atoms with Gasteiger partial charge >= 0.3 is 0 Å². The molecule has 4 heteroatoms. The van der Waals surface area contributed by atoms with E-state index in [4.69, 9.17) is 16.9 Å². The van der Waals surface area contributed by atoms with Gasteiger partial charge in [0.1, 0.15) is 5.92 Å². The van der Waals surface area contributed by atoms with Crippen LogP contribution in [0.5, 0.6) is 0 Å². The van der Waals surface area contributed by atoms with Gasteiger partial charge < -0.3 is 0 Å². The fourth-order valence-electron chi connectivity index (χ4n) is 0.663. The zero-order chi connectivity index (χ0) is 10.8. The summed E-state index contributed by atoms with van der Waals surface area (Å²) in [6.45, 7) is 3.98. The van der Waals surface area contributed by atoms with Crippen LogP contribution in [-0.2, 0) is 0 Å². The second kappa shape index (κ2) is 7.40. The largest absolute Gasteiger partial charge is 0.298 e. The molecular weight excluding hydrogens is 176 g/mol. The van der Waals surface area contributed by atoms with Crippen molar-refractivity contribution < 1.29 is 0 Å².